The van der Waals surface area contributed by atoms with Crippen LogP contribution in [0.25, 0.3) is 0 Å². The number of H-pyrrole nitrogens is 1. The maximum Gasteiger partial charge on any atom is 0.407 e. The zero-order chi connectivity index (χ0) is 35.5. The van der Waals surface area contributed by atoms with Crippen LogP contribution in [0.2, 0.25) is 0 Å². The summed E-state index contributed by atoms with van der Waals surface area (Å²) in [7, 11) is 1.42. The van der Waals surface area contributed by atoms with Crippen LogP contribution in [0.5, 0.6) is 0 Å². The number of esters is 2. The van der Waals surface area contributed by atoms with Gasteiger partial charge in [0.15, 0.2) is 6.10 Å². The molecule has 2 fully saturated rings. The Kier molecular flexibility index (Phi) is 11.4. The Bertz CT molecular complexity index is 1410. The lowest BCUT2D eigenvalue weighted by Gasteiger charge is -2.61. The summed E-state index contributed by atoms with van der Waals surface area (Å²) in [6.07, 6.45) is 4.32. The molecule has 0 spiro atoms. The van der Waals surface area contributed by atoms with Crippen molar-refractivity contribution in [1.82, 2.24) is 15.6 Å². The number of alkyl carbamates (subject to hydrolysis) is 2. The number of fused-ring (bicyclic) bond motifs is 6. The summed E-state index contributed by atoms with van der Waals surface area (Å²) in [6.45, 7) is 10.1. The van der Waals surface area contributed by atoms with Gasteiger partial charge >= 0.3 is 24.1 Å². The fourth-order valence-corrected chi connectivity index (χ4v) is 8.47. The number of allylic oxidation sites excluding steroid dienone is 1. The molecule has 0 aromatic carbocycles. The topological polar surface area (TPSA) is 175 Å². The Balaban J connectivity index is 1.49. The van der Waals surface area contributed by atoms with Crippen LogP contribution in [0.15, 0.2) is 42.1 Å². The van der Waals surface area contributed by atoms with Crippen molar-refractivity contribution in [1.29, 1.82) is 0 Å². The summed E-state index contributed by atoms with van der Waals surface area (Å²) < 4.78 is 29.2. The Labute approximate surface area is 287 Å². The highest BCUT2D eigenvalue weighted by Gasteiger charge is 2.70. The highest BCUT2D eigenvalue weighted by molar-refractivity contribution is 5.87. The van der Waals surface area contributed by atoms with E-state index in [4.69, 9.17) is 23.7 Å². The predicted octanol–water partition coefficient (Wildman–Crippen LogP) is 4.28. The highest BCUT2D eigenvalue weighted by atomic mass is 16.6. The average molecular weight is 686 g/mol. The van der Waals surface area contributed by atoms with Crippen molar-refractivity contribution in [3.63, 3.8) is 0 Å². The second kappa shape index (κ2) is 15.4. The van der Waals surface area contributed by atoms with Gasteiger partial charge in [-0.2, -0.15) is 0 Å². The number of methoxy groups -OCH3 is 1. The normalized spacial score (nSPS) is 36.6. The SMILES string of the molecule is CCCNC(=O)OC1C[C@@H](OC(=O)c2ccc[nH]2)[C@@H]2C1[C@@H]1[C@H]2C=C[C@@H]2C[C@H](OC)C(=O)O[C@H]([C@@H](C)OC(=O)NCCC)[C@H](C)/C=C(\C)C21O. The molecule has 2 amide bonds. The number of cyclic esters (lactones) is 1. The lowest BCUT2D eigenvalue weighted by atomic mass is 9.46. The number of hydrogen-bond acceptors (Lipinski definition) is 10. The number of aromatic nitrogens is 1. The molecule has 1 aromatic heterocycles. The van der Waals surface area contributed by atoms with Crippen LogP contribution in [-0.4, -0.2) is 90.5 Å². The summed E-state index contributed by atoms with van der Waals surface area (Å²) in [4.78, 5) is 54.8. The maximum absolute atomic E-state index is 13.5. The predicted molar refractivity (Wildman–Crippen MR) is 177 cm³/mol. The van der Waals surface area contributed by atoms with Crippen LogP contribution in [0.4, 0.5) is 9.59 Å². The van der Waals surface area contributed by atoms with Gasteiger partial charge in [-0.05, 0) is 56.7 Å². The van der Waals surface area contributed by atoms with E-state index < -0.39 is 78.0 Å². The van der Waals surface area contributed by atoms with Crippen molar-refractivity contribution in [2.45, 2.75) is 96.4 Å². The fourth-order valence-electron chi connectivity index (χ4n) is 8.47. The first-order chi connectivity index (χ1) is 23.4. The second-order valence-corrected chi connectivity index (χ2v) is 13.8. The van der Waals surface area contributed by atoms with Crippen LogP contribution in [0, 0.1) is 35.5 Å². The van der Waals surface area contributed by atoms with Crippen LogP contribution < -0.4 is 10.6 Å². The summed E-state index contributed by atoms with van der Waals surface area (Å²) >= 11 is 0. The van der Waals surface area contributed by atoms with Crippen LogP contribution in [0.3, 0.4) is 0 Å². The molecule has 4 N–H and O–H groups in total. The molecule has 5 rings (SSSR count). The molecule has 1 aliphatic heterocycles. The van der Waals surface area contributed by atoms with Crippen molar-refractivity contribution in [3.8, 4) is 0 Å². The van der Waals surface area contributed by atoms with E-state index in [1.165, 1.54) is 7.11 Å². The van der Waals surface area contributed by atoms with Gasteiger partial charge in [-0.25, -0.2) is 19.2 Å². The third-order valence-electron chi connectivity index (χ3n) is 10.7. The lowest BCUT2D eigenvalue weighted by molar-refractivity contribution is -0.186. The number of aliphatic hydroxyl groups is 1. The third kappa shape index (κ3) is 7.23. The van der Waals surface area contributed by atoms with Crippen molar-refractivity contribution >= 4 is 24.1 Å². The number of nitrogens with one attached hydrogen (secondary N) is 3. The molecule has 49 heavy (non-hydrogen) atoms. The number of carbonyl (C=O) groups excluding carboxylic acids is 4. The molecule has 2 heterocycles. The molecule has 1 aromatic rings. The molecular weight excluding hydrogens is 634 g/mol. The number of carbonyl (C=O) groups is 4. The molecule has 0 bridgehead atoms. The number of amides is 2. The first-order valence-electron chi connectivity index (χ1n) is 17.5. The minimum Gasteiger partial charge on any atom is -0.457 e. The van der Waals surface area contributed by atoms with E-state index in [1.54, 1.807) is 25.3 Å². The second-order valence-electron chi connectivity index (χ2n) is 13.8. The Morgan fingerprint density at radius 3 is 2.41 bits per heavy atom. The average Bonchev–Trinajstić information content (AvgIpc) is 3.69. The molecule has 0 radical (unpaired) electrons. The minimum atomic E-state index is -1.48. The van der Waals surface area contributed by atoms with Crippen LogP contribution in [0.1, 0.15) is 70.8 Å². The smallest absolute Gasteiger partial charge is 0.407 e. The van der Waals surface area contributed by atoms with Gasteiger partial charge in [-0.3, -0.25) is 0 Å². The van der Waals surface area contributed by atoms with Gasteiger partial charge in [0.1, 0.15) is 30.1 Å². The van der Waals surface area contributed by atoms with Gasteiger partial charge in [0.25, 0.3) is 0 Å². The number of hydrogen-bond donors (Lipinski definition) is 4. The third-order valence-corrected chi connectivity index (χ3v) is 10.7. The molecule has 3 unspecified atom stereocenters. The van der Waals surface area contributed by atoms with Gasteiger partial charge < -0.3 is 44.4 Å². The van der Waals surface area contributed by atoms with E-state index >= 15 is 0 Å². The van der Waals surface area contributed by atoms with Gasteiger partial charge in [0, 0.05) is 62.4 Å². The summed E-state index contributed by atoms with van der Waals surface area (Å²) in [5.41, 5.74) is -0.496. The maximum atomic E-state index is 13.5. The molecule has 3 aliphatic carbocycles. The van der Waals surface area contributed by atoms with E-state index in [0.717, 1.165) is 12.8 Å². The number of rotatable bonds is 10. The number of ether oxygens (including phenoxy) is 5. The highest BCUT2D eigenvalue weighted by Crippen LogP contribution is 2.65. The van der Waals surface area contributed by atoms with E-state index in [-0.39, 0.29) is 30.6 Å². The summed E-state index contributed by atoms with van der Waals surface area (Å²) in [6, 6.07) is 3.36. The van der Waals surface area contributed by atoms with Crippen molar-refractivity contribution in [2.24, 2.45) is 35.5 Å². The Morgan fingerprint density at radius 2 is 1.76 bits per heavy atom. The van der Waals surface area contributed by atoms with Crippen molar-refractivity contribution < 1.29 is 48.0 Å². The van der Waals surface area contributed by atoms with Crippen LogP contribution in [-0.2, 0) is 28.5 Å². The van der Waals surface area contributed by atoms with Gasteiger partial charge in [0.2, 0.25) is 0 Å². The quantitative estimate of drug-likeness (QED) is 0.158. The molecule has 2 saturated carbocycles. The monoisotopic (exact) mass is 685 g/mol. The van der Waals surface area contributed by atoms with E-state index in [1.807, 2.05) is 45.9 Å². The minimum absolute atomic E-state index is 0.120. The van der Waals surface area contributed by atoms with Gasteiger partial charge in [0.05, 0.1) is 5.60 Å². The molecule has 13 nitrogen and oxygen atoms in total. The van der Waals surface area contributed by atoms with Crippen molar-refractivity contribution in [2.75, 3.05) is 20.2 Å². The standard InChI is InChI=1S/C36H51N3O10/c1-7-13-38-34(42)46-21(5)31-19(3)16-20(4)36(44)22(17-27(45-6)33(41)49-31)11-12-23-28-25(47-32(40)24-10-9-15-37-24)18-26(29(28)30(23)36)48-35(43)39-14-8-2/h9-12,15-16,19,21-23,25-31,37,44H,7-8,13-14,17-18H2,1-6H3,(H,38,42)(H,39,43)/b20-16+/t19-,21-,22-,23+,25-,26?,27+,28-,29?,30+,31+,36?/m1/s1. The molecule has 4 aliphatic rings. The fraction of sp³-hybridized carbons (Fsp3) is 0.667. The zero-order valence-electron chi connectivity index (χ0n) is 29.2. The number of aromatic amines is 1. The van der Waals surface area contributed by atoms with Gasteiger partial charge in [-0.15, -0.1) is 0 Å². The first-order valence-corrected chi connectivity index (χ1v) is 17.5. The first kappa shape index (κ1) is 36.4. The summed E-state index contributed by atoms with van der Waals surface area (Å²) in [5.74, 6) is -3.30. The van der Waals surface area contributed by atoms with Crippen LogP contribution >= 0.6 is 0 Å². The zero-order valence-corrected chi connectivity index (χ0v) is 29.2. The Morgan fingerprint density at radius 1 is 1.06 bits per heavy atom. The Hall–Kier alpha value is -3.84. The van der Waals surface area contributed by atoms with Gasteiger partial charge in [-0.1, -0.05) is 39.0 Å². The van der Waals surface area contributed by atoms with E-state index in [0.29, 0.717) is 24.4 Å². The molecule has 0 saturated heterocycles. The van der Waals surface area contributed by atoms with Crippen molar-refractivity contribution in [3.05, 3.63) is 47.8 Å². The molecule has 13 heteroatoms. The largest absolute Gasteiger partial charge is 0.457 e. The lowest BCUT2D eigenvalue weighted by Crippen LogP contribution is -2.65. The molecule has 12 atom stereocenters. The van der Waals surface area contributed by atoms with E-state index in [2.05, 4.69) is 15.6 Å². The summed E-state index contributed by atoms with van der Waals surface area (Å²) in [5, 5.41) is 18.5. The molecular formula is C36H51N3O10. The molecule has 270 valence electrons. The van der Waals surface area contributed by atoms with E-state index in [9.17, 15) is 24.3 Å².